The SMILES string of the molecule is O=C(Cc1ccc(-n2cnc3c4c(ccc3c2=O)NCC4)c(Cl)c1)CS(=O)(=O)c1ccc(Cl)s1. The number of hydrogen-bond acceptors (Lipinski definition) is 7. The van der Waals surface area contributed by atoms with Crippen LogP contribution in [0, 0.1) is 0 Å². The number of benzene rings is 2. The number of ketones is 1. The lowest BCUT2D eigenvalue weighted by molar-refractivity contribution is -0.116. The smallest absolute Gasteiger partial charge is 0.265 e. The largest absolute Gasteiger partial charge is 0.384 e. The van der Waals surface area contributed by atoms with Crippen LogP contribution in [0.5, 0.6) is 0 Å². The van der Waals surface area contributed by atoms with Gasteiger partial charge in [0.2, 0.25) is 0 Å². The van der Waals surface area contributed by atoms with Crippen molar-refractivity contribution < 1.29 is 13.2 Å². The molecule has 0 unspecified atom stereocenters. The van der Waals surface area contributed by atoms with E-state index in [2.05, 4.69) is 10.3 Å². The van der Waals surface area contributed by atoms with Crippen LogP contribution in [-0.4, -0.2) is 36.0 Å². The van der Waals surface area contributed by atoms with E-state index in [1.165, 1.54) is 23.0 Å². The first-order valence-electron chi connectivity index (χ1n) is 10.3. The van der Waals surface area contributed by atoms with Crippen LogP contribution in [0.4, 0.5) is 5.69 Å². The molecule has 34 heavy (non-hydrogen) atoms. The van der Waals surface area contributed by atoms with Crippen molar-refractivity contribution >= 4 is 66.7 Å². The number of aromatic nitrogens is 2. The van der Waals surface area contributed by atoms with Crippen molar-refractivity contribution in [1.82, 2.24) is 9.55 Å². The number of carbonyl (C=O) groups is 1. The maximum Gasteiger partial charge on any atom is 0.265 e. The molecule has 0 radical (unpaired) electrons. The zero-order valence-electron chi connectivity index (χ0n) is 17.5. The Balaban J connectivity index is 1.39. The van der Waals surface area contributed by atoms with E-state index in [-0.39, 0.29) is 21.2 Å². The van der Waals surface area contributed by atoms with E-state index in [0.29, 0.717) is 26.5 Å². The molecule has 4 aromatic rings. The summed E-state index contributed by atoms with van der Waals surface area (Å²) in [6.45, 7) is 0.813. The van der Waals surface area contributed by atoms with Crippen molar-refractivity contribution in [3.8, 4) is 5.69 Å². The van der Waals surface area contributed by atoms with Gasteiger partial charge in [-0.15, -0.1) is 11.3 Å². The van der Waals surface area contributed by atoms with Gasteiger partial charge in [0.15, 0.2) is 15.6 Å². The van der Waals surface area contributed by atoms with Crippen LogP contribution in [0.1, 0.15) is 11.1 Å². The van der Waals surface area contributed by atoms with Crippen molar-refractivity contribution in [3.05, 3.63) is 79.6 Å². The normalized spacial score (nSPS) is 13.1. The fourth-order valence-corrected chi connectivity index (χ4v) is 7.15. The molecule has 5 rings (SSSR count). The second kappa shape index (κ2) is 8.81. The van der Waals surface area contributed by atoms with Gasteiger partial charge in [-0.2, -0.15) is 0 Å². The van der Waals surface area contributed by atoms with E-state index in [9.17, 15) is 18.0 Å². The Bertz CT molecular complexity index is 1630. The predicted molar refractivity (Wildman–Crippen MR) is 135 cm³/mol. The summed E-state index contributed by atoms with van der Waals surface area (Å²) in [7, 11) is -3.76. The van der Waals surface area contributed by atoms with Gasteiger partial charge in [0.25, 0.3) is 5.56 Å². The first kappa shape index (κ1) is 23.0. The molecule has 1 N–H and O–H groups in total. The number of thiophene rings is 1. The number of rotatable bonds is 6. The van der Waals surface area contributed by atoms with Gasteiger partial charge in [0.05, 0.1) is 25.9 Å². The summed E-state index contributed by atoms with van der Waals surface area (Å²) in [6, 6.07) is 11.3. The van der Waals surface area contributed by atoms with E-state index < -0.39 is 21.4 Å². The van der Waals surface area contributed by atoms with Crippen molar-refractivity contribution in [2.24, 2.45) is 0 Å². The first-order chi connectivity index (χ1) is 16.2. The molecular formula is C23H17Cl2N3O4S2. The molecular weight excluding hydrogens is 517 g/mol. The van der Waals surface area contributed by atoms with Crippen molar-refractivity contribution in [2.75, 3.05) is 17.6 Å². The lowest BCUT2D eigenvalue weighted by Crippen LogP contribution is -2.20. The number of nitrogens with zero attached hydrogens (tertiary/aromatic N) is 2. The highest BCUT2D eigenvalue weighted by Crippen LogP contribution is 2.29. The van der Waals surface area contributed by atoms with Gasteiger partial charge < -0.3 is 5.32 Å². The molecule has 2 aromatic heterocycles. The maximum atomic E-state index is 13.2. The number of hydrogen-bond donors (Lipinski definition) is 1. The van der Waals surface area contributed by atoms with Gasteiger partial charge in [-0.05, 0) is 48.4 Å². The molecule has 0 saturated carbocycles. The number of sulfone groups is 1. The Morgan fingerprint density at radius 2 is 1.97 bits per heavy atom. The average molecular weight is 534 g/mol. The van der Waals surface area contributed by atoms with Gasteiger partial charge in [0, 0.05) is 24.2 Å². The van der Waals surface area contributed by atoms with Crippen LogP contribution in [0.3, 0.4) is 0 Å². The first-order valence-corrected chi connectivity index (χ1v) is 13.5. The molecule has 0 atom stereocenters. The molecule has 2 aromatic carbocycles. The lowest BCUT2D eigenvalue weighted by Gasteiger charge is -2.11. The summed E-state index contributed by atoms with van der Waals surface area (Å²) in [5.41, 5.74) is 3.43. The average Bonchev–Trinajstić information content (AvgIpc) is 3.43. The number of Topliss-reactive ketones (excluding diaryl/α,β-unsaturated/α-hetero) is 1. The predicted octanol–water partition coefficient (Wildman–Crippen LogP) is 4.31. The zero-order valence-corrected chi connectivity index (χ0v) is 20.7. The molecule has 1 aliphatic heterocycles. The van der Waals surface area contributed by atoms with Crippen LogP contribution >= 0.6 is 34.5 Å². The molecule has 11 heteroatoms. The molecule has 7 nitrogen and oxygen atoms in total. The molecule has 0 aliphatic carbocycles. The third-order valence-electron chi connectivity index (χ3n) is 5.60. The Kier molecular flexibility index (Phi) is 5.97. The molecule has 0 spiro atoms. The minimum Gasteiger partial charge on any atom is -0.384 e. The monoisotopic (exact) mass is 533 g/mol. The highest BCUT2D eigenvalue weighted by atomic mass is 35.5. The molecule has 3 heterocycles. The van der Waals surface area contributed by atoms with Crippen LogP contribution in [0.2, 0.25) is 9.36 Å². The molecule has 0 fully saturated rings. The number of carbonyl (C=O) groups excluding carboxylic acids is 1. The number of nitrogens with one attached hydrogen (secondary N) is 1. The standard InChI is InChI=1S/C23H17Cl2N3O4S2/c24-17-10-13(9-14(29)11-34(31,32)21-6-5-20(25)33-21)1-4-19(17)28-12-27-22-15-7-8-26-18(15)3-2-16(22)23(28)30/h1-6,10,12,26H,7-9,11H2. The minimum atomic E-state index is -3.76. The third kappa shape index (κ3) is 4.24. The van der Waals surface area contributed by atoms with Crippen LogP contribution < -0.4 is 10.9 Å². The second-order valence-electron chi connectivity index (χ2n) is 7.90. The summed E-state index contributed by atoms with van der Waals surface area (Å²) in [5, 5.41) is 4.03. The summed E-state index contributed by atoms with van der Waals surface area (Å²) < 4.78 is 26.6. The molecule has 174 valence electrons. The van der Waals surface area contributed by atoms with Crippen LogP contribution in [0.25, 0.3) is 16.6 Å². The quantitative estimate of drug-likeness (QED) is 0.396. The Morgan fingerprint density at radius 1 is 1.15 bits per heavy atom. The topological polar surface area (TPSA) is 98.1 Å². The van der Waals surface area contributed by atoms with Crippen molar-refractivity contribution in [1.29, 1.82) is 0 Å². The number of halogens is 2. The number of fused-ring (bicyclic) bond motifs is 3. The van der Waals surface area contributed by atoms with Crippen LogP contribution in [0.15, 0.2) is 57.8 Å². The van der Waals surface area contributed by atoms with E-state index >= 15 is 0 Å². The molecule has 0 amide bonds. The summed E-state index contributed by atoms with van der Waals surface area (Å²) >= 11 is 13.2. The molecule has 0 bridgehead atoms. The Labute approximate surface area is 208 Å². The second-order valence-corrected chi connectivity index (χ2v) is 12.2. The van der Waals surface area contributed by atoms with Crippen molar-refractivity contribution in [3.63, 3.8) is 0 Å². The Hall–Kier alpha value is -2.72. The summed E-state index contributed by atoms with van der Waals surface area (Å²) in [6.07, 6.45) is 2.15. The fourth-order valence-electron chi connectivity index (χ4n) is 4.05. The fraction of sp³-hybridized carbons (Fsp3) is 0.174. The van der Waals surface area contributed by atoms with Gasteiger partial charge in [-0.3, -0.25) is 14.2 Å². The van der Waals surface area contributed by atoms with E-state index in [0.717, 1.165) is 35.6 Å². The van der Waals surface area contributed by atoms with Crippen molar-refractivity contribution in [2.45, 2.75) is 17.1 Å². The van der Waals surface area contributed by atoms with Gasteiger partial charge >= 0.3 is 0 Å². The summed E-state index contributed by atoms with van der Waals surface area (Å²) in [4.78, 5) is 30.1. The van der Waals surface area contributed by atoms with E-state index in [4.69, 9.17) is 23.2 Å². The minimum absolute atomic E-state index is 0.0591. The van der Waals surface area contributed by atoms with Gasteiger partial charge in [-0.25, -0.2) is 13.4 Å². The van der Waals surface area contributed by atoms with E-state index in [1.54, 1.807) is 24.3 Å². The summed E-state index contributed by atoms with van der Waals surface area (Å²) in [5.74, 6) is -1.10. The third-order valence-corrected chi connectivity index (χ3v) is 9.40. The highest BCUT2D eigenvalue weighted by Gasteiger charge is 2.22. The van der Waals surface area contributed by atoms with Gasteiger partial charge in [0.1, 0.15) is 16.3 Å². The zero-order chi connectivity index (χ0) is 24.0. The molecule has 1 aliphatic rings. The lowest BCUT2D eigenvalue weighted by atomic mass is 10.1. The number of anilines is 1. The van der Waals surface area contributed by atoms with E-state index in [1.807, 2.05) is 6.07 Å². The van der Waals surface area contributed by atoms with Gasteiger partial charge in [-0.1, -0.05) is 29.3 Å². The molecule has 0 saturated heterocycles. The Morgan fingerprint density at radius 3 is 2.71 bits per heavy atom. The maximum absolute atomic E-state index is 13.2. The highest BCUT2D eigenvalue weighted by molar-refractivity contribution is 7.94. The van der Waals surface area contributed by atoms with Crippen LogP contribution in [-0.2, 0) is 27.5 Å².